The number of hydrogen-bond donors (Lipinski definition) is 1. The lowest BCUT2D eigenvalue weighted by atomic mass is 9.57. The molecular weight excluding hydrogens is 254 g/mol. The Morgan fingerprint density at radius 2 is 1.55 bits per heavy atom. The van der Waals surface area contributed by atoms with Gasteiger partial charge in [0, 0.05) is 18.6 Å². The van der Waals surface area contributed by atoms with Crippen LogP contribution in [-0.2, 0) is 9.53 Å². The first-order chi connectivity index (χ1) is 9.14. The summed E-state index contributed by atoms with van der Waals surface area (Å²) in [6.45, 7) is 12.3. The number of nitrogens with zero attached hydrogens (tertiary/aromatic N) is 1. The van der Waals surface area contributed by atoms with Crippen molar-refractivity contribution in [1.82, 2.24) is 4.90 Å². The van der Waals surface area contributed by atoms with Crippen molar-refractivity contribution in [1.29, 1.82) is 0 Å². The average Bonchev–Trinajstić information content (AvgIpc) is 2.24. The summed E-state index contributed by atoms with van der Waals surface area (Å²) in [4.78, 5) is 13.9. The molecule has 116 valence electrons. The van der Waals surface area contributed by atoms with Crippen molar-refractivity contribution in [3.8, 4) is 0 Å². The number of carboxylic acids is 1. The predicted octanol–water partition coefficient (Wildman–Crippen LogP) is 2.77. The van der Waals surface area contributed by atoms with Crippen LogP contribution in [0.5, 0.6) is 0 Å². The minimum absolute atomic E-state index is 0.190. The lowest BCUT2D eigenvalue weighted by Crippen LogP contribution is -2.60. The van der Waals surface area contributed by atoms with E-state index in [4.69, 9.17) is 4.74 Å². The first kappa shape index (κ1) is 15.8. The molecule has 0 unspecified atom stereocenters. The van der Waals surface area contributed by atoms with E-state index < -0.39 is 5.97 Å². The summed E-state index contributed by atoms with van der Waals surface area (Å²) < 4.78 is 5.46. The largest absolute Gasteiger partial charge is 0.481 e. The smallest absolute Gasteiger partial charge is 0.305 e. The molecule has 0 amide bonds. The summed E-state index contributed by atoms with van der Waals surface area (Å²) in [5.41, 5.74) is 0.172. The fourth-order valence-corrected chi connectivity index (χ4v) is 5.04. The second-order valence-corrected chi connectivity index (χ2v) is 8.25. The zero-order valence-corrected chi connectivity index (χ0v) is 13.4. The monoisotopic (exact) mass is 283 g/mol. The number of ether oxygens (including phenoxy) is 1. The van der Waals surface area contributed by atoms with Crippen LogP contribution in [0.1, 0.15) is 53.4 Å². The van der Waals surface area contributed by atoms with Gasteiger partial charge in [-0.3, -0.25) is 9.69 Å². The third-order valence-electron chi connectivity index (χ3n) is 4.73. The van der Waals surface area contributed by atoms with Crippen LogP contribution in [0.25, 0.3) is 0 Å². The maximum atomic E-state index is 11.5. The number of aliphatic carboxylic acids is 1. The molecule has 0 aromatic heterocycles. The summed E-state index contributed by atoms with van der Waals surface area (Å²) in [6, 6.07) is 0. The van der Waals surface area contributed by atoms with Crippen molar-refractivity contribution in [3.63, 3.8) is 0 Å². The van der Waals surface area contributed by atoms with Crippen LogP contribution in [-0.4, -0.2) is 47.8 Å². The molecule has 2 rings (SSSR count). The first-order valence-electron chi connectivity index (χ1n) is 7.69. The Morgan fingerprint density at radius 1 is 1.05 bits per heavy atom. The lowest BCUT2D eigenvalue weighted by molar-refractivity contribution is -0.147. The molecule has 2 aliphatic rings. The molecule has 2 fully saturated rings. The summed E-state index contributed by atoms with van der Waals surface area (Å²) in [5.74, 6) is -0.676. The number of carbonyl (C=O) groups is 1. The van der Waals surface area contributed by atoms with E-state index in [1.54, 1.807) is 0 Å². The van der Waals surface area contributed by atoms with Crippen molar-refractivity contribution in [3.05, 3.63) is 0 Å². The Bertz CT molecular complexity index is 354. The lowest BCUT2D eigenvalue weighted by Gasteiger charge is -2.56. The molecule has 0 atom stereocenters. The molecule has 1 saturated carbocycles. The normalized spacial score (nSPS) is 29.0. The summed E-state index contributed by atoms with van der Waals surface area (Å²) in [7, 11) is 0. The molecule has 0 bridgehead atoms. The van der Waals surface area contributed by atoms with Gasteiger partial charge in [0.2, 0.25) is 0 Å². The molecule has 20 heavy (non-hydrogen) atoms. The van der Waals surface area contributed by atoms with Crippen LogP contribution >= 0.6 is 0 Å². The van der Waals surface area contributed by atoms with Crippen molar-refractivity contribution < 1.29 is 14.6 Å². The maximum absolute atomic E-state index is 11.5. The predicted molar refractivity (Wildman–Crippen MR) is 78.8 cm³/mol. The van der Waals surface area contributed by atoms with Gasteiger partial charge in [0.1, 0.15) is 0 Å². The van der Waals surface area contributed by atoms with Crippen LogP contribution in [0.2, 0.25) is 0 Å². The highest BCUT2D eigenvalue weighted by molar-refractivity contribution is 5.68. The van der Waals surface area contributed by atoms with E-state index >= 15 is 0 Å². The van der Waals surface area contributed by atoms with E-state index in [2.05, 4.69) is 32.6 Å². The molecule has 1 aliphatic carbocycles. The van der Waals surface area contributed by atoms with Crippen LogP contribution in [0.15, 0.2) is 0 Å². The highest BCUT2D eigenvalue weighted by Gasteiger charge is 2.51. The fraction of sp³-hybridized carbons (Fsp3) is 0.938. The van der Waals surface area contributed by atoms with Crippen molar-refractivity contribution in [2.45, 2.75) is 58.9 Å². The van der Waals surface area contributed by atoms with E-state index in [9.17, 15) is 9.90 Å². The highest BCUT2D eigenvalue weighted by Crippen LogP contribution is 2.53. The third kappa shape index (κ3) is 3.53. The van der Waals surface area contributed by atoms with E-state index in [0.717, 1.165) is 45.6 Å². The van der Waals surface area contributed by atoms with Crippen LogP contribution in [0.4, 0.5) is 0 Å². The standard InChI is InChI=1S/C16H29NO3/c1-14(2)10-15(3,4)12-16(11-14,9-13(18)19)17-5-7-20-8-6-17/h5-12H2,1-4H3,(H,18,19). The molecule has 1 heterocycles. The topological polar surface area (TPSA) is 49.8 Å². The molecule has 4 nitrogen and oxygen atoms in total. The third-order valence-corrected chi connectivity index (χ3v) is 4.73. The Morgan fingerprint density at radius 3 is 2.00 bits per heavy atom. The van der Waals surface area contributed by atoms with Gasteiger partial charge in [0.25, 0.3) is 0 Å². The zero-order chi connectivity index (χ0) is 15.0. The zero-order valence-electron chi connectivity index (χ0n) is 13.4. The number of morpholine rings is 1. The number of rotatable bonds is 3. The van der Waals surface area contributed by atoms with Gasteiger partial charge in [-0.15, -0.1) is 0 Å². The molecule has 0 spiro atoms. The molecule has 0 radical (unpaired) electrons. The van der Waals surface area contributed by atoms with Gasteiger partial charge in [0.05, 0.1) is 19.6 Å². The number of hydrogen-bond acceptors (Lipinski definition) is 3. The van der Waals surface area contributed by atoms with Crippen molar-refractivity contribution in [2.24, 2.45) is 10.8 Å². The Labute approximate surface area is 122 Å². The Balaban J connectivity index is 2.32. The van der Waals surface area contributed by atoms with E-state index in [1.165, 1.54) is 0 Å². The average molecular weight is 283 g/mol. The van der Waals surface area contributed by atoms with Gasteiger partial charge in [-0.05, 0) is 30.1 Å². The molecule has 1 N–H and O–H groups in total. The van der Waals surface area contributed by atoms with Gasteiger partial charge in [-0.25, -0.2) is 0 Å². The fourth-order valence-electron chi connectivity index (χ4n) is 5.04. The maximum Gasteiger partial charge on any atom is 0.305 e. The van der Waals surface area contributed by atoms with Gasteiger partial charge in [-0.2, -0.15) is 0 Å². The molecule has 4 heteroatoms. The summed E-state index contributed by atoms with van der Waals surface area (Å²) in [5, 5.41) is 9.44. The summed E-state index contributed by atoms with van der Waals surface area (Å²) in [6.07, 6.45) is 3.34. The van der Waals surface area contributed by atoms with E-state index in [1.807, 2.05) is 0 Å². The second-order valence-electron chi connectivity index (χ2n) is 8.25. The van der Waals surface area contributed by atoms with Gasteiger partial charge < -0.3 is 9.84 Å². The molecule has 0 aromatic carbocycles. The summed E-state index contributed by atoms with van der Waals surface area (Å²) >= 11 is 0. The highest BCUT2D eigenvalue weighted by atomic mass is 16.5. The van der Waals surface area contributed by atoms with Crippen molar-refractivity contribution >= 4 is 5.97 Å². The Kier molecular flexibility index (Phi) is 4.18. The Hall–Kier alpha value is -0.610. The molecular formula is C16H29NO3. The van der Waals surface area contributed by atoms with Crippen LogP contribution in [0.3, 0.4) is 0 Å². The number of carboxylic acid groups (broad SMARTS) is 1. The second kappa shape index (κ2) is 5.30. The minimum atomic E-state index is -0.676. The first-order valence-corrected chi connectivity index (χ1v) is 7.69. The van der Waals surface area contributed by atoms with Crippen molar-refractivity contribution in [2.75, 3.05) is 26.3 Å². The quantitative estimate of drug-likeness (QED) is 0.865. The molecule has 1 aliphatic heterocycles. The van der Waals surface area contributed by atoms with Crippen LogP contribution in [0, 0.1) is 10.8 Å². The van der Waals surface area contributed by atoms with Gasteiger partial charge in [-0.1, -0.05) is 27.7 Å². The van der Waals surface area contributed by atoms with E-state index in [-0.39, 0.29) is 22.8 Å². The SMILES string of the molecule is CC1(C)CC(C)(C)CC(CC(=O)O)(N2CCOCC2)C1. The van der Waals surface area contributed by atoms with Gasteiger partial charge >= 0.3 is 5.97 Å². The molecule has 0 aromatic rings. The van der Waals surface area contributed by atoms with E-state index in [0.29, 0.717) is 0 Å². The minimum Gasteiger partial charge on any atom is -0.481 e. The molecule has 1 saturated heterocycles. The van der Waals surface area contributed by atoms with Gasteiger partial charge in [0.15, 0.2) is 0 Å². The van der Waals surface area contributed by atoms with Crippen LogP contribution < -0.4 is 0 Å².